The van der Waals surface area contributed by atoms with Crippen LogP contribution < -0.4 is 21.9 Å². The van der Waals surface area contributed by atoms with E-state index in [4.69, 9.17) is 5.84 Å². The molecule has 2 amide bonds. The first-order valence-electron chi connectivity index (χ1n) is 7.05. The van der Waals surface area contributed by atoms with Crippen LogP contribution in [-0.2, 0) is 4.79 Å². The van der Waals surface area contributed by atoms with Gasteiger partial charge in [-0.3, -0.25) is 9.59 Å². The van der Waals surface area contributed by atoms with Gasteiger partial charge in [0.05, 0.1) is 0 Å². The predicted molar refractivity (Wildman–Crippen MR) is 79.6 cm³/mol. The molecule has 0 aliphatic carbocycles. The van der Waals surface area contributed by atoms with Gasteiger partial charge < -0.3 is 16.1 Å². The molecule has 1 aliphatic heterocycles. The molecule has 0 radical (unpaired) electrons. The fourth-order valence-electron chi connectivity index (χ4n) is 2.20. The van der Waals surface area contributed by atoms with Crippen molar-refractivity contribution in [1.29, 1.82) is 0 Å². The minimum Gasteiger partial charge on any atom is -0.352 e. The largest absolute Gasteiger partial charge is 0.352 e. The Morgan fingerprint density at radius 3 is 2.86 bits per heavy atom. The minimum absolute atomic E-state index is 0.0139. The molecule has 1 aromatic heterocycles. The second-order valence-corrected chi connectivity index (χ2v) is 5.48. The lowest BCUT2D eigenvalue weighted by Crippen LogP contribution is -2.38. The highest BCUT2D eigenvalue weighted by molar-refractivity contribution is 5.95. The third-order valence-electron chi connectivity index (χ3n) is 3.44. The van der Waals surface area contributed by atoms with E-state index in [2.05, 4.69) is 21.0 Å². The zero-order valence-corrected chi connectivity index (χ0v) is 12.3. The van der Waals surface area contributed by atoms with E-state index >= 15 is 0 Å². The Kier molecular flexibility index (Phi) is 4.74. The van der Waals surface area contributed by atoms with Crippen molar-refractivity contribution in [2.45, 2.75) is 38.6 Å². The lowest BCUT2D eigenvalue weighted by atomic mass is 10.1. The number of hydrogen-bond donors (Lipinski definition) is 4. The molecule has 1 aliphatic rings. The van der Waals surface area contributed by atoms with Gasteiger partial charge in [0.2, 0.25) is 5.91 Å². The second kappa shape index (κ2) is 6.53. The summed E-state index contributed by atoms with van der Waals surface area (Å²) in [4.78, 5) is 27.6. The van der Waals surface area contributed by atoms with E-state index in [9.17, 15) is 9.59 Å². The first-order chi connectivity index (χ1) is 9.99. The molecule has 21 heavy (non-hydrogen) atoms. The summed E-state index contributed by atoms with van der Waals surface area (Å²) in [6.07, 6.45) is 1.27. The van der Waals surface area contributed by atoms with Gasteiger partial charge in [0.25, 0.3) is 5.91 Å². The quantitative estimate of drug-likeness (QED) is 0.466. The number of hydrazine groups is 1. The maximum absolute atomic E-state index is 12.2. The van der Waals surface area contributed by atoms with Crippen LogP contribution in [0.5, 0.6) is 0 Å². The van der Waals surface area contributed by atoms with Gasteiger partial charge in [-0.15, -0.1) is 0 Å². The number of pyridine rings is 1. The first kappa shape index (κ1) is 15.2. The number of aromatic nitrogens is 1. The number of nitrogens with one attached hydrogen (secondary N) is 3. The number of nitrogen functional groups attached to an aromatic ring is 1. The second-order valence-electron chi connectivity index (χ2n) is 5.48. The van der Waals surface area contributed by atoms with Crippen LogP contribution in [0.2, 0.25) is 0 Å². The Labute approximate surface area is 123 Å². The molecule has 114 valence electrons. The molecule has 2 heterocycles. The van der Waals surface area contributed by atoms with Crippen LogP contribution in [-0.4, -0.2) is 29.4 Å². The lowest BCUT2D eigenvalue weighted by Gasteiger charge is -2.13. The van der Waals surface area contributed by atoms with Crippen LogP contribution in [0.1, 0.15) is 48.7 Å². The zero-order chi connectivity index (χ0) is 15.4. The number of nitrogens with zero attached hydrogens (tertiary/aromatic N) is 1. The van der Waals surface area contributed by atoms with Gasteiger partial charge in [-0.25, -0.2) is 10.8 Å². The van der Waals surface area contributed by atoms with E-state index in [1.165, 1.54) is 0 Å². The smallest absolute Gasteiger partial charge is 0.251 e. The molecule has 7 nitrogen and oxygen atoms in total. The molecule has 1 atom stereocenters. The maximum atomic E-state index is 12.2. The van der Waals surface area contributed by atoms with E-state index in [0.29, 0.717) is 24.3 Å². The summed E-state index contributed by atoms with van der Waals surface area (Å²) in [7, 11) is 0. The highest BCUT2D eigenvalue weighted by Gasteiger charge is 2.21. The average Bonchev–Trinajstić information content (AvgIpc) is 2.89. The summed E-state index contributed by atoms with van der Waals surface area (Å²) in [6, 6.07) is 3.38. The molecule has 0 aromatic carbocycles. The van der Waals surface area contributed by atoms with Crippen LogP contribution in [0, 0.1) is 0 Å². The van der Waals surface area contributed by atoms with Gasteiger partial charge in [0.15, 0.2) is 0 Å². The summed E-state index contributed by atoms with van der Waals surface area (Å²) < 4.78 is 0. The van der Waals surface area contributed by atoms with Crippen LogP contribution >= 0.6 is 0 Å². The van der Waals surface area contributed by atoms with E-state index in [1.54, 1.807) is 12.1 Å². The Balaban J connectivity index is 2.04. The van der Waals surface area contributed by atoms with E-state index in [-0.39, 0.29) is 23.8 Å². The molecular weight excluding hydrogens is 270 g/mol. The fraction of sp³-hybridized carbons (Fsp3) is 0.500. The van der Waals surface area contributed by atoms with E-state index in [0.717, 1.165) is 12.1 Å². The van der Waals surface area contributed by atoms with Crippen molar-refractivity contribution >= 4 is 17.6 Å². The third kappa shape index (κ3) is 3.91. The number of anilines is 1. The fourth-order valence-corrected chi connectivity index (χ4v) is 2.20. The Hall–Kier alpha value is -2.15. The summed E-state index contributed by atoms with van der Waals surface area (Å²) in [5.41, 5.74) is 3.77. The molecule has 1 saturated heterocycles. The molecule has 2 rings (SSSR count). The van der Waals surface area contributed by atoms with Crippen molar-refractivity contribution in [3.8, 4) is 0 Å². The zero-order valence-electron chi connectivity index (χ0n) is 12.3. The van der Waals surface area contributed by atoms with Crippen LogP contribution in [0.3, 0.4) is 0 Å². The highest BCUT2D eigenvalue weighted by atomic mass is 16.2. The molecule has 0 bridgehead atoms. The standard InChI is InChI=1S/C14H21N5O2/c1-8(2)11-5-9(6-12(18-11)19-15)14(21)16-7-10-3-4-13(20)17-10/h5-6,8,10H,3-4,7,15H2,1-2H3,(H,16,21)(H,17,20)(H,18,19). The first-order valence-corrected chi connectivity index (χ1v) is 7.05. The molecule has 1 aromatic rings. The van der Waals surface area contributed by atoms with Crippen LogP contribution in [0.15, 0.2) is 12.1 Å². The van der Waals surface area contributed by atoms with Crippen molar-refractivity contribution < 1.29 is 9.59 Å². The monoisotopic (exact) mass is 291 g/mol. The Bertz CT molecular complexity index is 544. The van der Waals surface area contributed by atoms with Gasteiger partial charge in [-0.1, -0.05) is 13.8 Å². The van der Waals surface area contributed by atoms with Crippen molar-refractivity contribution in [2.24, 2.45) is 5.84 Å². The Morgan fingerprint density at radius 1 is 1.52 bits per heavy atom. The van der Waals surface area contributed by atoms with Crippen LogP contribution in [0.25, 0.3) is 0 Å². The van der Waals surface area contributed by atoms with E-state index in [1.807, 2.05) is 13.8 Å². The highest BCUT2D eigenvalue weighted by Crippen LogP contribution is 2.17. The predicted octanol–water partition coefficient (Wildman–Crippen LogP) is 0.499. The van der Waals surface area contributed by atoms with E-state index < -0.39 is 0 Å². The average molecular weight is 291 g/mol. The Morgan fingerprint density at radius 2 is 2.29 bits per heavy atom. The molecular formula is C14H21N5O2. The van der Waals surface area contributed by atoms with Gasteiger partial charge in [-0.2, -0.15) is 0 Å². The normalized spacial score (nSPS) is 17.7. The van der Waals surface area contributed by atoms with Gasteiger partial charge >= 0.3 is 0 Å². The van der Waals surface area contributed by atoms with Gasteiger partial charge in [0, 0.05) is 30.3 Å². The molecule has 1 fully saturated rings. The number of carbonyl (C=O) groups excluding carboxylic acids is 2. The summed E-state index contributed by atoms with van der Waals surface area (Å²) in [5.74, 6) is 5.88. The van der Waals surface area contributed by atoms with Crippen LogP contribution in [0.4, 0.5) is 5.82 Å². The number of nitrogens with two attached hydrogens (primary N) is 1. The van der Waals surface area contributed by atoms with Crippen molar-refractivity contribution in [3.63, 3.8) is 0 Å². The molecule has 0 spiro atoms. The van der Waals surface area contributed by atoms with Crippen molar-refractivity contribution in [2.75, 3.05) is 12.0 Å². The van der Waals surface area contributed by atoms with Crippen molar-refractivity contribution in [3.05, 3.63) is 23.4 Å². The topological polar surface area (TPSA) is 109 Å². The summed E-state index contributed by atoms with van der Waals surface area (Å²) in [5, 5.41) is 5.64. The number of rotatable bonds is 5. The lowest BCUT2D eigenvalue weighted by molar-refractivity contribution is -0.119. The molecule has 1 unspecified atom stereocenters. The molecule has 7 heteroatoms. The summed E-state index contributed by atoms with van der Waals surface area (Å²) >= 11 is 0. The number of hydrogen-bond acceptors (Lipinski definition) is 5. The SMILES string of the molecule is CC(C)c1cc(C(=O)NCC2CCC(=O)N2)cc(NN)n1. The number of carbonyl (C=O) groups is 2. The molecule has 0 saturated carbocycles. The molecule has 5 N–H and O–H groups in total. The van der Waals surface area contributed by atoms with Crippen molar-refractivity contribution in [1.82, 2.24) is 15.6 Å². The van der Waals surface area contributed by atoms with Gasteiger partial charge in [0.1, 0.15) is 5.82 Å². The number of amides is 2. The maximum Gasteiger partial charge on any atom is 0.251 e. The minimum atomic E-state index is -0.197. The third-order valence-corrected chi connectivity index (χ3v) is 3.44. The summed E-state index contributed by atoms with van der Waals surface area (Å²) in [6.45, 7) is 4.42. The van der Waals surface area contributed by atoms with Gasteiger partial charge in [-0.05, 0) is 24.5 Å².